The van der Waals surface area contributed by atoms with Crippen LogP contribution >= 0.6 is 0 Å². The summed E-state index contributed by atoms with van der Waals surface area (Å²) in [6.07, 6.45) is 27.4. The van der Waals surface area contributed by atoms with Gasteiger partial charge in [-0.05, 0) is 31.1 Å². The van der Waals surface area contributed by atoms with Crippen molar-refractivity contribution in [3.63, 3.8) is 0 Å². The van der Waals surface area contributed by atoms with Crippen LogP contribution in [0.2, 0.25) is 0 Å². The fourth-order valence-electron chi connectivity index (χ4n) is 2.71. The third-order valence-electron chi connectivity index (χ3n) is 4.12. The fourth-order valence-corrected chi connectivity index (χ4v) is 2.71. The molecule has 0 aromatic carbocycles. The molecule has 0 amide bonds. The summed E-state index contributed by atoms with van der Waals surface area (Å²) in [4.78, 5) is 3.17. The van der Waals surface area contributed by atoms with Crippen molar-refractivity contribution in [3.8, 4) is 0 Å². The summed E-state index contributed by atoms with van der Waals surface area (Å²) in [6.45, 7) is 2.29. The number of hydrogen-bond donors (Lipinski definition) is 1. The maximum atomic E-state index is 3.17. The molecule has 0 aliphatic heterocycles. The first kappa shape index (κ1) is 18.8. The van der Waals surface area contributed by atoms with Gasteiger partial charge in [0.25, 0.3) is 0 Å². The number of aromatic nitrogens is 1. The van der Waals surface area contributed by atoms with Crippen molar-refractivity contribution in [3.05, 3.63) is 42.3 Å². The largest absolute Gasteiger partial charge is 0.362 e. The zero-order valence-corrected chi connectivity index (χ0v) is 14.5. The zero-order valence-electron chi connectivity index (χ0n) is 14.5. The van der Waals surface area contributed by atoms with Crippen LogP contribution in [0.25, 0.3) is 6.08 Å². The molecule has 0 radical (unpaired) electrons. The molecule has 0 fully saturated rings. The molecule has 0 aliphatic rings. The summed E-state index contributed by atoms with van der Waals surface area (Å²) in [5.74, 6) is 0. The van der Waals surface area contributed by atoms with Crippen molar-refractivity contribution in [2.45, 2.75) is 84.0 Å². The molecule has 0 bridgehead atoms. The predicted octanol–water partition coefficient (Wildman–Crippen LogP) is 7.29. The van der Waals surface area contributed by atoms with Crippen molar-refractivity contribution in [2.75, 3.05) is 0 Å². The quantitative estimate of drug-likeness (QED) is 0.274. The van der Waals surface area contributed by atoms with E-state index in [-0.39, 0.29) is 0 Å². The second kappa shape index (κ2) is 14.7. The molecule has 0 saturated carbocycles. The SMILES string of the molecule is CCCCCCCCCCCCC/C=C/C=C/c1ccc[nH]1. The average Bonchev–Trinajstić information content (AvgIpc) is 3.04. The predicted molar refractivity (Wildman–Crippen MR) is 100 cm³/mol. The minimum absolute atomic E-state index is 1.17. The Hall–Kier alpha value is -1.24. The van der Waals surface area contributed by atoms with Crippen LogP contribution in [-0.2, 0) is 0 Å². The van der Waals surface area contributed by atoms with Gasteiger partial charge in [-0.15, -0.1) is 0 Å². The number of H-pyrrole nitrogens is 1. The molecule has 124 valence electrons. The molecule has 22 heavy (non-hydrogen) atoms. The topological polar surface area (TPSA) is 15.8 Å². The molecule has 1 N–H and O–H groups in total. The molecule has 1 nitrogen and oxygen atoms in total. The summed E-state index contributed by atoms with van der Waals surface area (Å²) in [7, 11) is 0. The highest BCUT2D eigenvalue weighted by atomic mass is 14.7. The molecule has 1 heterocycles. The second-order valence-electron chi connectivity index (χ2n) is 6.24. The third-order valence-corrected chi connectivity index (χ3v) is 4.12. The van der Waals surface area contributed by atoms with E-state index in [9.17, 15) is 0 Å². The smallest absolute Gasteiger partial charge is 0.0380 e. The summed E-state index contributed by atoms with van der Waals surface area (Å²) < 4.78 is 0. The van der Waals surface area contributed by atoms with Gasteiger partial charge in [-0.3, -0.25) is 0 Å². The number of hydrogen-bond acceptors (Lipinski definition) is 0. The Morgan fingerprint density at radius 1 is 0.818 bits per heavy atom. The first-order chi connectivity index (χ1) is 10.9. The normalized spacial score (nSPS) is 11.9. The Morgan fingerprint density at radius 3 is 2.05 bits per heavy atom. The van der Waals surface area contributed by atoms with Gasteiger partial charge in [-0.25, -0.2) is 0 Å². The Kier molecular flexibility index (Phi) is 12.6. The van der Waals surface area contributed by atoms with Gasteiger partial charge in [0.15, 0.2) is 0 Å². The molecule has 0 saturated heterocycles. The molecule has 0 aliphatic carbocycles. The van der Waals surface area contributed by atoms with Crippen LogP contribution in [-0.4, -0.2) is 4.98 Å². The van der Waals surface area contributed by atoms with Gasteiger partial charge >= 0.3 is 0 Å². The second-order valence-corrected chi connectivity index (χ2v) is 6.24. The van der Waals surface area contributed by atoms with E-state index < -0.39 is 0 Å². The van der Waals surface area contributed by atoms with Crippen LogP contribution in [0.3, 0.4) is 0 Å². The van der Waals surface area contributed by atoms with E-state index in [4.69, 9.17) is 0 Å². The summed E-state index contributed by atoms with van der Waals surface area (Å²) in [5.41, 5.74) is 1.17. The number of nitrogens with one attached hydrogen (secondary N) is 1. The summed E-state index contributed by atoms with van der Waals surface area (Å²) in [5, 5.41) is 0. The van der Waals surface area contributed by atoms with Crippen LogP contribution < -0.4 is 0 Å². The lowest BCUT2D eigenvalue weighted by molar-refractivity contribution is 0.550. The highest BCUT2D eigenvalue weighted by Gasteiger charge is 1.92. The van der Waals surface area contributed by atoms with Crippen molar-refractivity contribution < 1.29 is 0 Å². The van der Waals surface area contributed by atoms with E-state index in [2.05, 4.69) is 42.3 Å². The molecule has 1 heteroatoms. The van der Waals surface area contributed by atoms with Gasteiger partial charge in [-0.1, -0.05) is 89.4 Å². The lowest BCUT2D eigenvalue weighted by atomic mass is 10.1. The van der Waals surface area contributed by atoms with E-state index in [0.29, 0.717) is 0 Å². The monoisotopic (exact) mass is 301 g/mol. The first-order valence-electron chi connectivity index (χ1n) is 9.40. The van der Waals surface area contributed by atoms with Crippen LogP contribution in [0, 0.1) is 0 Å². The lowest BCUT2D eigenvalue weighted by Crippen LogP contribution is -1.81. The van der Waals surface area contributed by atoms with Crippen molar-refractivity contribution >= 4 is 6.08 Å². The fraction of sp³-hybridized carbons (Fsp3) is 0.619. The van der Waals surface area contributed by atoms with Crippen molar-refractivity contribution in [2.24, 2.45) is 0 Å². The Labute approximate surface area is 137 Å². The number of rotatable bonds is 14. The number of unbranched alkanes of at least 4 members (excludes halogenated alkanes) is 11. The molecule has 1 aromatic heterocycles. The Balaban J connectivity index is 1.80. The van der Waals surface area contributed by atoms with Gasteiger partial charge in [0, 0.05) is 11.9 Å². The van der Waals surface area contributed by atoms with Gasteiger partial charge in [0.1, 0.15) is 0 Å². The highest BCUT2D eigenvalue weighted by Crippen LogP contribution is 2.12. The summed E-state index contributed by atoms with van der Waals surface area (Å²) >= 11 is 0. The third kappa shape index (κ3) is 11.4. The van der Waals surface area contributed by atoms with Gasteiger partial charge in [0.05, 0.1) is 0 Å². The molecule has 1 rings (SSSR count). The molecular formula is C21H35N. The Morgan fingerprint density at radius 2 is 1.45 bits per heavy atom. The highest BCUT2D eigenvalue weighted by molar-refractivity contribution is 5.46. The van der Waals surface area contributed by atoms with Gasteiger partial charge in [0.2, 0.25) is 0 Å². The van der Waals surface area contributed by atoms with Crippen LogP contribution in [0.4, 0.5) is 0 Å². The van der Waals surface area contributed by atoms with Crippen LogP contribution in [0.15, 0.2) is 36.6 Å². The number of aromatic amines is 1. The molecule has 0 atom stereocenters. The first-order valence-corrected chi connectivity index (χ1v) is 9.40. The van der Waals surface area contributed by atoms with E-state index >= 15 is 0 Å². The average molecular weight is 302 g/mol. The van der Waals surface area contributed by atoms with Crippen molar-refractivity contribution in [1.29, 1.82) is 0 Å². The van der Waals surface area contributed by atoms with Crippen molar-refractivity contribution in [1.82, 2.24) is 4.98 Å². The van der Waals surface area contributed by atoms with E-state index in [1.54, 1.807) is 0 Å². The standard InChI is InChI=1S/C21H35N/c1-2-3-4-5-6-7-8-9-10-11-12-13-14-15-16-18-21-19-17-20-22-21/h14-20,22H,2-13H2,1H3/b15-14+,18-16+. The van der Waals surface area contributed by atoms with Crippen LogP contribution in [0.1, 0.15) is 89.7 Å². The van der Waals surface area contributed by atoms with E-state index in [1.807, 2.05) is 12.3 Å². The minimum atomic E-state index is 1.17. The Bertz CT molecular complexity index is 373. The minimum Gasteiger partial charge on any atom is -0.362 e. The molecule has 0 spiro atoms. The van der Waals surface area contributed by atoms with E-state index in [0.717, 1.165) is 0 Å². The number of allylic oxidation sites excluding steroid dienone is 3. The van der Waals surface area contributed by atoms with Gasteiger partial charge < -0.3 is 4.98 Å². The molecule has 0 unspecified atom stereocenters. The zero-order chi connectivity index (χ0) is 15.7. The van der Waals surface area contributed by atoms with E-state index in [1.165, 1.54) is 82.7 Å². The summed E-state index contributed by atoms with van der Waals surface area (Å²) in [6, 6.07) is 4.10. The van der Waals surface area contributed by atoms with Crippen LogP contribution in [0.5, 0.6) is 0 Å². The lowest BCUT2D eigenvalue weighted by Gasteiger charge is -2.01. The maximum Gasteiger partial charge on any atom is 0.0380 e. The molecule has 1 aromatic rings. The van der Waals surface area contributed by atoms with Gasteiger partial charge in [-0.2, -0.15) is 0 Å². The molecular weight excluding hydrogens is 266 g/mol. The maximum absolute atomic E-state index is 3.17.